The van der Waals surface area contributed by atoms with Crippen LogP contribution in [0.3, 0.4) is 0 Å². The van der Waals surface area contributed by atoms with Crippen molar-refractivity contribution < 1.29 is 22.0 Å². The summed E-state index contributed by atoms with van der Waals surface area (Å²) in [5.41, 5.74) is 0.220. The van der Waals surface area contributed by atoms with Gasteiger partial charge in [0.05, 0.1) is 17.0 Å². The maximum absolute atomic E-state index is 15.1. The number of carbonyl (C=O) groups is 1. The van der Waals surface area contributed by atoms with Crippen molar-refractivity contribution >= 4 is 44.3 Å². The molecule has 176 valence electrons. The van der Waals surface area contributed by atoms with Crippen LogP contribution in [0.25, 0.3) is 22.2 Å². The van der Waals surface area contributed by atoms with Crippen LogP contribution in [0.4, 0.5) is 14.5 Å². The van der Waals surface area contributed by atoms with Crippen molar-refractivity contribution in [3.63, 3.8) is 0 Å². The number of carbonyl (C=O) groups excluding carboxylic acids is 1. The lowest BCUT2D eigenvalue weighted by Crippen LogP contribution is -2.18. The fraction of sp³-hybridized carbons (Fsp3) is 0.182. The van der Waals surface area contributed by atoms with Crippen LogP contribution in [0.15, 0.2) is 48.1 Å². The third-order valence-corrected chi connectivity index (χ3v) is 7.03. The first-order chi connectivity index (χ1) is 16.2. The Bertz CT molecular complexity index is 1490. The van der Waals surface area contributed by atoms with Gasteiger partial charge in [0.2, 0.25) is 15.8 Å². The fourth-order valence-electron chi connectivity index (χ4n) is 3.38. The molecule has 0 aliphatic rings. The van der Waals surface area contributed by atoms with Gasteiger partial charge in [-0.3, -0.25) is 9.52 Å². The molecular formula is C22H19F2N5O3S2. The van der Waals surface area contributed by atoms with Crippen LogP contribution in [0.5, 0.6) is 0 Å². The average molecular weight is 504 g/mol. The van der Waals surface area contributed by atoms with E-state index in [0.717, 1.165) is 12.1 Å². The topological polar surface area (TPSA) is 118 Å². The Morgan fingerprint density at radius 3 is 2.50 bits per heavy atom. The normalized spacial score (nSPS) is 11.6. The minimum Gasteiger partial charge on any atom is -0.345 e. The maximum Gasteiger partial charge on any atom is 0.232 e. The van der Waals surface area contributed by atoms with Gasteiger partial charge >= 0.3 is 0 Å². The molecule has 34 heavy (non-hydrogen) atoms. The van der Waals surface area contributed by atoms with E-state index in [-0.39, 0.29) is 11.3 Å². The van der Waals surface area contributed by atoms with Crippen molar-refractivity contribution in [2.24, 2.45) is 0 Å². The molecule has 0 aliphatic heterocycles. The van der Waals surface area contributed by atoms with Gasteiger partial charge in [-0.05, 0) is 30.9 Å². The SMILES string of the molecule is CCCS(=O)(=O)Nc1ccc(F)c(C(=O)c2c[nH]c3ncc(-c4cnc(SC)nc4)cc23)c1F. The van der Waals surface area contributed by atoms with Gasteiger partial charge in [-0.1, -0.05) is 18.7 Å². The number of anilines is 1. The van der Waals surface area contributed by atoms with Crippen LogP contribution in [0.1, 0.15) is 29.3 Å². The molecular weight excluding hydrogens is 484 g/mol. The summed E-state index contributed by atoms with van der Waals surface area (Å²) in [5.74, 6) is -3.60. The first-order valence-corrected chi connectivity index (χ1v) is 13.0. The van der Waals surface area contributed by atoms with Crippen molar-refractivity contribution in [1.29, 1.82) is 0 Å². The van der Waals surface area contributed by atoms with Crippen molar-refractivity contribution in [2.75, 3.05) is 16.7 Å². The first kappa shape index (κ1) is 23.8. The number of halogens is 2. The van der Waals surface area contributed by atoms with E-state index >= 15 is 4.39 Å². The Kier molecular flexibility index (Phi) is 6.62. The highest BCUT2D eigenvalue weighted by atomic mass is 32.2. The van der Waals surface area contributed by atoms with E-state index in [0.29, 0.717) is 33.7 Å². The predicted octanol–water partition coefficient (Wildman–Crippen LogP) is 4.40. The van der Waals surface area contributed by atoms with Gasteiger partial charge in [0.25, 0.3) is 0 Å². The van der Waals surface area contributed by atoms with Crippen LogP contribution in [-0.2, 0) is 10.0 Å². The van der Waals surface area contributed by atoms with Gasteiger partial charge in [-0.25, -0.2) is 32.2 Å². The largest absolute Gasteiger partial charge is 0.345 e. The van der Waals surface area contributed by atoms with Gasteiger partial charge in [-0.15, -0.1) is 0 Å². The van der Waals surface area contributed by atoms with E-state index < -0.39 is 38.7 Å². The Morgan fingerprint density at radius 1 is 1.12 bits per heavy atom. The summed E-state index contributed by atoms with van der Waals surface area (Å²) >= 11 is 1.39. The first-order valence-electron chi connectivity index (χ1n) is 10.1. The lowest BCUT2D eigenvalue weighted by Gasteiger charge is -2.11. The fourth-order valence-corrected chi connectivity index (χ4v) is 4.83. The van der Waals surface area contributed by atoms with Crippen molar-refractivity contribution in [3.05, 3.63) is 65.7 Å². The smallest absolute Gasteiger partial charge is 0.232 e. The summed E-state index contributed by atoms with van der Waals surface area (Å²) in [4.78, 5) is 28.7. The van der Waals surface area contributed by atoms with Crippen molar-refractivity contribution in [2.45, 2.75) is 18.5 Å². The molecule has 0 bridgehead atoms. The molecule has 0 fully saturated rings. The summed E-state index contributed by atoms with van der Waals surface area (Å²) in [6.45, 7) is 1.65. The molecule has 0 aliphatic carbocycles. The molecule has 0 saturated heterocycles. The van der Waals surface area contributed by atoms with Gasteiger partial charge in [0.15, 0.2) is 11.0 Å². The highest BCUT2D eigenvalue weighted by Crippen LogP contribution is 2.29. The van der Waals surface area contributed by atoms with Gasteiger partial charge in [0, 0.05) is 46.9 Å². The number of rotatable bonds is 8. The molecule has 0 atom stereocenters. The van der Waals surface area contributed by atoms with Crippen LogP contribution in [0, 0.1) is 11.6 Å². The molecule has 0 radical (unpaired) electrons. The predicted molar refractivity (Wildman–Crippen MR) is 126 cm³/mol. The standard InChI is InChI=1S/C22H19F2N5O3S2/c1-3-6-34(31,32)29-17-5-4-16(23)18(19(17)24)20(30)15-11-26-21-14(15)7-12(8-25-21)13-9-27-22(33-2)28-10-13/h4-5,7-11,29H,3,6H2,1-2H3,(H,25,26). The number of sulfonamides is 1. The quantitative estimate of drug-likeness (QED) is 0.208. The molecule has 2 N–H and O–H groups in total. The molecule has 4 aromatic rings. The van der Waals surface area contributed by atoms with Gasteiger partial charge < -0.3 is 4.98 Å². The highest BCUT2D eigenvalue weighted by Gasteiger charge is 2.26. The van der Waals surface area contributed by atoms with Crippen LogP contribution < -0.4 is 4.72 Å². The number of fused-ring (bicyclic) bond motifs is 1. The number of pyridine rings is 1. The zero-order valence-corrected chi connectivity index (χ0v) is 19.7. The Labute approximate surface area is 198 Å². The minimum atomic E-state index is -3.85. The molecule has 0 saturated carbocycles. The highest BCUT2D eigenvalue weighted by molar-refractivity contribution is 7.98. The molecule has 8 nitrogen and oxygen atoms in total. The third-order valence-electron chi connectivity index (χ3n) is 4.98. The lowest BCUT2D eigenvalue weighted by atomic mass is 10.0. The van der Waals surface area contributed by atoms with Crippen LogP contribution >= 0.6 is 11.8 Å². The molecule has 4 rings (SSSR count). The van der Waals surface area contributed by atoms with E-state index in [4.69, 9.17) is 0 Å². The van der Waals surface area contributed by atoms with Gasteiger partial charge in [-0.2, -0.15) is 0 Å². The van der Waals surface area contributed by atoms with E-state index in [1.807, 2.05) is 6.26 Å². The Hall–Kier alpha value is -3.38. The molecule has 0 spiro atoms. The van der Waals surface area contributed by atoms with Crippen LogP contribution in [-0.4, -0.2) is 46.1 Å². The van der Waals surface area contributed by atoms with E-state index in [9.17, 15) is 17.6 Å². The Morgan fingerprint density at radius 2 is 1.82 bits per heavy atom. The number of hydrogen-bond acceptors (Lipinski definition) is 7. The number of hydrogen-bond donors (Lipinski definition) is 2. The number of aromatic amines is 1. The zero-order valence-electron chi connectivity index (χ0n) is 18.1. The number of nitrogens with one attached hydrogen (secondary N) is 2. The second kappa shape index (κ2) is 9.47. The van der Waals surface area contributed by atoms with E-state index in [2.05, 4.69) is 24.7 Å². The number of benzene rings is 1. The molecule has 0 amide bonds. The molecule has 0 unspecified atom stereocenters. The van der Waals surface area contributed by atoms with Crippen LogP contribution in [0.2, 0.25) is 0 Å². The summed E-state index contributed by atoms with van der Waals surface area (Å²) in [6, 6.07) is 3.44. The molecule has 12 heteroatoms. The monoisotopic (exact) mass is 503 g/mol. The molecule has 3 aromatic heterocycles. The van der Waals surface area contributed by atoms with E-state index in [1.54, 1.807) is 31.6 Å². The number of ketones is 1. The maximum atomic E-state index is 15.1. The summed E-state index contributed by atoms with van der Waals surface area (Å²) in [7, 11) is -3.85. The lowest BCUT2D eigenvalue weighted by molar-refractivity contribution is 0.103. The summed E-state index contributed by atoms with van der Waals surface area (Å²) in [6.07, 6.45) is 8.25. The minimum absolute atomic E-state index is 0.0163. The third kappa shape index (κ3) is 4.64. The molecule has 3 heterocycles. The Balaban J connectivity index is 1.76. The second-order valence-corrected chi connectivity index (χ2v) is 9.93. The second-order valence-electron chi connectivity index (χ2n) is 7.31. The summed E-state index contributed by atoms with van der Waals surface area (Å²) in [5, 5.41) is 0.933. The van der Waals surface area contributed by atoms with Crippen molar-refractivity contribution in [3.8, 4) is 11.1 Å². The van der Waals surface area contributed by atoms with E-state index in [1.165, 1.54) is 18.0 Å². The summed E-state index contributed by atoms with van der Waals surface area (Å²) < 4.78 is 55.9. The zero-order chi connectivity index (χ0) is 24.5. The van der Waals surface area contributed by atoms with Crippen molar-refractivity contribution in [1.82, 2.24) is 19.9 Å². The number of nitrogens with zero attached hydrogens (tertiary/aromatic N) is 3. The average Bonchev–Trinajstić information content (AvgIpc) is 3.24. The molecule has 1 aromatic carbocycles. The number of thioether (sulfide) groups is 1. The number of aromatic nitrogens is 4. The number of H-pyrrole nitrogens is 1. The van der Waals surface area contributed by atoms with Gasteiger partial charge in [0.1, 0.15) is 11.5 Å².